The van der Waals surface area contributed by atoms with Crippen molar-refractivity contribution in [3.8, 4) is 17.8 Å². The third-order valence-corrected chi connectivity index (χ3v) is 5.32. The molecule has 0 aliphatic heterocycles. The van der Waals surface area contributed by atoms with Crippen molar-refractivity contribution in [1.82, 2.24) is 15.0 Å². The molecule has 0 N–H and O–H groups in total. The first-order chi connectivity index (χ1) is 11.3. The van der Waals surface area contributed by atoms with E-state index < -0.39 is 8.07 Å². The number of nitriles is 2. The van der Waals surface area contributed by atoms with Gasteiger partial charge < -0.3 is 4.90 Å². The molecule has 0 spiro atoms. The van der Waals surface area contributed by atoms with Crippen molar-refractivity contribution in [3.05, 3.63) is 35.5 Å². The number of rotatable bonds is 4. The van der Waals surface area contributed by atoms with Gasteiger partial charge in [0.25, 0.3) is 0 Å². The Hall–Kier alpha value is -2.90. The lowest BCUT2D eigenvalue weighted by Crippen LogP contribution is -2.40. The van der Waals surface area contributed by atoms with Crippen molar-refractivity contribution in [1.29, 1.82) is 10.5 Å². The second-order valence-electron chi connectivity index (χ2n) is 6.68. The van der Waals surface area contributed by atoms with Gasteiger partial charge in [-0.1, -0.05) is 24.9 Å². The number of hydrogen-bond donors (Lipinski definition) is 0. The van der Waals surface area contributed by atoms with E-state index in [9.17, 15) is 0 Å². The summed E-state index contributed by atoms with van der Waals surface area (Å²) in [5.41, 5.74) is 2.68. The number of hydrogen-bond acceptors (Lipinski definition) is 5. The van der Waals surface area contributed by atoms with E-state index in [4.69, 9.17) is 10.5 Å². The summed E-state index contributed by atoms with van der Waals surface area (Å²) in [7, 11) is 2.18. The van der Waals surface area contributed by atoms with Crippen LogP contribution in [0.3, 0.4) is 0 Å². The lowest BCUT2D eigenvalue weighted by Gasteiger charge is -2.15. The summed E-state index contributed by atoms with van der Waals surface area (Å²) in [6.45, 7) is 6.48. The largest absolute Gasteiger partial charge is 0.378 e. The molecule has 0 aliphatic rings. The van der Waals surface area contributed by atoms with Gasteiger partial charge in [0.1, 0.15) is 25.8 Å². The molecule has 1 heterocycles. The van der Waals surface area contributed by atoms with Gasteiger partial charge in [-0.15, -0.1) is 5.10 Å². The Kier molecular flexibility index (Phi) is 4.86. The SMILES string of the molecule is CN(C)c1ccc(-n2nnc([Si](C)(C)C)c2C=C(C#N)C#N)cc1. The molecule has 2 rings (SSSR count). The van der Waals surface area contributed by atoms with Gasteiger partial charge in [0.2, 0.25) is 0 Å². The summed E-state index contributed by atoms with van der Waals surface area (Å²) >= 11 is 0. The molecular weight excluding hydrogens is 316 g/mol. The van der Waals surface area contributed by atoms with Crippen LogP contribution in [0.4, 0.5) is 5.69 Å². The fourth-order valence-corrected chi connectivity index (χ4v) is 3.55. The van der Waals surface area contributed by atoms with Crippen LogP contribution in [0.25, 0.3) is 11.8 Å². The highest BCUT2D eigenvalue weighted by molar-refractivity contribution is 6.88. The predicted octanol–water partition coefficient (Wildman–Crippen LogP) is 2.31. The zero-order valence-electron chi connectivity index (χ0n) is 14.6. The highest BCUT2D eigenvalue weighted by atomic mass is 28.3. The minimum absolute atomic E-state index is 0.0444. The molecule has 122 valence electrons. The smallest absolute Gasteiger partial charge is 0.131 e. The second-order valence-corrected chi connectivity index (χ2v) is 11.7. The number of anilines is 1. The highest BCUT2D eigenvalue weighted by Gasteiger charge is 2.26. The van der Waals surface area contributed by atoms with E-state index in [1.54, 1.807) is 10.8 Å². The summed E-state index contributed by atoms with van der Waals surface area (Å²) in [4.78, 5) is 2.02. The van der Waals surface area contributed by atoms with Gasteiger partial charge in [0, 0.05) is 19.8 Å². The standard InChI is InChI=1S/C17H20N6Si/c1-22(2)14-6-8-15(9-7-14)23-16(10-13(11-18)12-19)17(20-21-23)24(3,4)5/h6-10H,1-5H3. The molecule has 0 saturated carbocycles. The van der Waals surface area contributed by atoms with Crippen LogP contribution in [0.5, 0.6) is 0 Å². The van der Waals surface area contributed by atoms with Gasteiger partial charge in [-0.25, -0.2) is 4.68 Å². The van der Waals surface area contributed by atoms with Crippen LogP contribution < -0.4 is 10.2 Å². The van der Waals surface area contributed by atoms with Gasteiger partial charge in [-0.3, -0.25) is 0 Å². The van der Waals surface area contributed by atoms with Gasteiger partial charge in [-0.05, 0) is 30.3 Å². The van der Waals surface area contributed by atoms with E-state index in [-0.39, 0.29) is 5.57 Å². The Morgan fingerprint density at radius 2 is 1.71 bits per heavy atom. The summed E-state index contributed by atoms with van der Waals surface area (Å²) in [6, 6.07) is 11.7. The minimum atomic E-state index is -1.78. The summed E-state index contributed by atoms with van der Waals surface area (Å²) < 4.78 is 1.70. The molecule has 0 atom stereocenters. The molecular formula is C17H20N6Si. The molecule has 7 heteroatoms. The molecule has 1 aromatic heterocycles. The van der Waals surface area contributed by atoms with Crippen LogP contribution in [-0.2, 0) is 0 Å². The Morgan fingerprint density at radius 3 is 2.17 bits per heavy atom. The van der Waals surface area contributed by atoms with Crippen LogP contribution in [-0.4, -0.2) is 37.2 Å². The van der Waals surface area contributed by atoms with Gasteiger partial charge in [0.05, 0.1) is 16.7 Å². The third kappa shape index (κ3) is 3.53. The molecule has 0 saturated heterocycles. The molecule has 0 radical (unpaired) electrons. The topological polar surface area (TPSA) is 81.5 Å². The molecule has 1 aromatic carbocycles. The number of allylic oxidation sites excluding steroid dienone is 1. The average Bonchev–Trinajstić information content (AvgIpc) is 2.96. The highest BCUT2D eigenvalue weighted by Crippen LogP contribution is 2.18. The molecule has 0 aliphatic carbocycles. The van der Waals surface area contributed by atoms with Gasteiger partial charge in [-0.2, -0.15) is 10.5 Å². The Labute approximate surface area is 143 Å². The number of aromatic nitrogens is 3. The van der Waals surface area contributed by atoms with Crippen molar-refractivity contribution in [2.24, 2.45) is 0 Å². The van der Waals surface area contributed by atoms with Crippen LogP contribution >= 0.6 is 0 Å². The number of benzene rings is 1. The summed E-state index contributed by atoms with van der Waals surface area (Å²) in [6.07, 6.45) is 1.58. The zero-order chi connectivity index (χ0) is 17.9. The van der Waals surface area contributed by atoms with Crippen LogP contribution in [0.15, 0.2) is 29.8 Å². The summed E-state index contributed by atoms with van der Waals surface area (Å²) in [5, 5.41) is 27.7. The molecule has 0 fully saturated rings. The van der Waals surface area contributed by atoms with Crippen LogP contribution in [0, 0.1) is 22.7 Å². The van der Waals surface area contributed by atoms with Crippen molar-refractivity contribution >= 4 is 25.2 Å². The van der Waals surface area contributed by atoms with E-state index >= 15 is 0 Å². The first kappa shape index (κ1) is 17.5. The first-order valence-corrected chi connectivity index (χ1v) is 11.0. The Balaban J connectivity index is 2.63. The van der Waals surface area contributed by atoms with Gasteiger partial charge >= 0.3 is 0 Å². The first-order valence-electron chi connectivity index (χ1n) is 7.53. The van der Waals surface area contributed by atoms with E-state index in [1.807, 2.05) is 55.4 Å². The van der Waals surface area contributed by atoms with Crippen LogP contribution in [0.2, 0.25) is 19.6 Å². The maximum atomic E-state index is 9.09. The molecule has 0 unspecified atom stereocenters. The molecule has 0 bridgehead atoms. The molecule has 24 heavy (non-hydrogen) atoms. The van der Waals surface area contributed by atoms with Crippen molar-refractivity contribution in [3.63, 3.8) is 0 Å². The van der Waals surface area contributed by atoms with E-state index in [0.717, 1.165) is 16.7 Å². The van der Waals surface area contributed by atoms with Crippen molar-refractivity contribution in [2.45, 2.75) is 19.6 Å². The quantitative estimate of drug-likeness (QED) is 0.632. The average molecular weight is 336 g/mol. The maximum Gasteiger partial charge on any atom is 0.131 e. The predicted molar refractivity (Wildman–Crippen MR) is 97.9 cm³/mol. The van der Waals surface area contributed by atoms with E-state index in [2.05, 4.69) is 30.0 Å². The Morgan fingerprint density at radius 1 is 1.12 bits per heavy atom. The van der Waals surface area contributed by atoms with Crippen molar-refractivity contribution in [2.75, 3.05) is 19.0 Å². The second kappa shape index (κ2) is 6.69. The zero-order valence-corrected chi connectivity index (χ0v) is 15.6. The number of nitrogens with zero attached hydrogens (tertiary/aromatic N) is 6. The van der Waals surface area contributed by atoms with E-state index in [0.29, 0.717) is 5.69 Å². The lowest BCUT2D eigenvalue weighted by molar-refractivity contribution is 0.799. The van der Waals surface area contributed by atoms with E-state index in [1.165, 1.54) is 0 Å². The molecule has 0 amide bonds. The third-order valence-electron chi connectivity index (χ3n) is 3.55. The minimum Gasteiger partial charge on any atom is -0.378 e. The normalized spacial score (nSPS) is 10.6. The van der Waals surface area contributed by atoms with Gasteiger partial charge in [0.15, 0.2) is 0 Å². The monoisotopic (exact) mass is 336 g/mol. The van der Waals surface area contributed by atoms with Crippen LogP contribution in [0.1, 0.15) is 5.69 Å². The summed E-state index contributed by atoms with van der Waals surface area (Å²) in [5.74, 6) is 0. The fraction of sp³-hybridized carbons (Fsp3) is 0.294. The molecule has 6 nitrogen and oxygen atoms in total. The fourth-order valence-electron chi connectivity index (χ4n) is 2.26. The lowest BCUT2D eigenvalue weighted by atomic mass is 10.2. The molecule has 2 aromatic rings. The van der Waals surface area contributed by atoms with Crippen molar-refractivity contribution < 1.29 is 0 Å². The maximum absolute atomic E-state index is 9.09. The Bertz CT molecular complexity index is 825.